The molecule has 0 aromatic carbocycles. The van der Waals surface area contributed by atoms with Crippen molar-refractivity contribution in [3.63, 3.8) is 0 Å². The molecule has 2 fully saturated rings. The molecule has 1 amide bonds. The smallest absolute Gasteiger partial charge is 0.253 e. The summed E-state index contributed by atoms with van der Waals surface area (Å²) in [7, 11) is 0. The molecule has 3 heterocycles. The first-order chi connectivity index (χ1) is 10.3. The predicted molar refractivity (Wildman–Crippen MR) is 82.7 cm³/mol. The molecule has 2 saturated heterocycles. The number of likely N-dealkylation sites (tertiary alicyclic amines) is 1. The van der Waals surface area contributed by atoms with Crippen molar-refractivity contribution in [3.05, 3.63) is 16.1 Å². The first kappa shape index (κ1) is 14.9. The minimum Gasteiger partial charge on any atom is -0.366 e. The summed E-state index contributed by atoms with van der Waals surface area (Å²) in [4.78, 5) is 19.2. The van der Waals surface area contributed by atoms with Crippen LogP contribution in [-0.4, -0.2) is 54.7 Å². The minimum absolute atomic E-state index is 0.138. The number of piperidine rings is 1. The van der Waals surface area contributed by atoms with Crippen molar-refractivity contribution in [1.29, 1.82) is 0 Å². The van der Waals surface area contributed by atoms with E-state index in [2.05, 4.69) is 17.6 Å². The molecule has 5 nitrogen and oxygen atoms in total. The van der Waals surface area contributed by atoms with Crippen LogP contribution in [-0.2, 0) is 16.0 Å². The molecule has 0 spiro atoms. The second kappa shape index (κ2) is 6.85. The van der Waals surface area contributed by atoms with Gasteiger partial charge < -0.3 is 15.0 Å². The Balaban J connectivity index is 1.63. The van der Waals surface area contributed by atoms with E-state index in [1.165, 1.54) is 10.7 Å². The van der Waals surface area contributed by atoms with Crippen molar-refractivity contribution >= 4 is 17.2 Å². The highest BCUT2D eigenvalue weighted by molar-refractivity contribution is 7.09. The van der Waals surface area contributed by atoms with E-state index in [0.29, 0.717) is 19.1 Å². The zero-order valence-electron chi connectivity index (χ0n) is 12.5. The molecule has 0 bridgehead atoms. The Morgan fingerprint density at radius 2 is 2.52 bits per heavy atom. The maximum atomic E-state index is 12.5. The topological polar surface area (TPSA) is 54.5 Å². The molecule has 1 aromatic rings. The van der Waals surface area contributed by atoms with Crippen molar-refractivity contribution in [1.82, 2.24) is 15.2 Å². The SMILES string of the molecule is CCc1csc(C2CCCN(C(=O)C3CNCCO3)C2)n1. The lowest BCUT2D eigenvalue weighted by atomic mass is 9.98. The van der Waals surface area contributed by atoms with Gasteiger partial charge in [0.1, 0.15) is 6.10 Å². The summed E-state index contributed by atoms with van der Waals surface area (Å²) in [6.45, 7) is 5.86. The summed E-state index contributed by atoms with van der Waals surface area (Å²) in [5, 5.41) is 6.56. The van der Waals surface area contributed by atoms with E-state index in [9.17, 15) is 4.79 Å². The van der Waals surface area contributed by atoms with Crippen molar-refractivity contribution in [2.75, 3.05) is 32.8 Å². The number of nitrogens with one attached hydrogen (secondary N) is 1. The van der Waals surface area contributed by atoms with Gasteiger partial charge in [-0.1, -0.05) is 6.92 Å². The van der Waals surface area contributed by atoms with Crippen LogP contribution >= 0.6 is 11.3 Å². The minimum atomic E-state index is -0.306. The summed E-state index contributed by atoms with van der Waals surface area (Å²) >= 11 is 1.74. The third kappa shape index (κ3) is 3.44. The Labute approximate surface area is 129 Å². The number of hydrogen-bond acceptors (Lipinski definition) is 5. The number of thiazole rings is 1. The number of hydrogen-bond donors (Lipinski definition) is 1. The third-order valence-electron chi connectivity index (χ3n) is 4.22. The monoisotopic (exact) mass is 309 g/mol. The van der Waals surface area contributed by atoms with Crippen LogP contribution in [0.15, 0.2) is 5.38 Å². The van der Waals surface area contributed by atoms with Gasteiger partial charge in [0.15, 0.2) is 0 Å². The molecule has 6 heteroatoms. The number of rotatable bonds is 3. The number of aryl methyl sites for hydroxylation is 1. The standard InChI is InChI=1S/C15H23N3O2S/c1-2-12-10-21-14(17-12)11-4-3-6-18(9-11)15(19)13-8-16-5-7-20-13/h10-11,13,16H,2-9H2,1H3. The summed E-state index contributed by atoms with van der Waals surface area (Å²) in [5.41, 5.74) is 1.17. The maximum Gasteiger partial charge on any atom is 0.253 e. The normalized spacial score (nSPS) is 26.8. The largest absolute Gasteiger partial charge is 0.366 e. The number of ether oxygens (including phenoxy) is 1. The summed E-state index contributed by atoms with van der Waals surface area (Å²) in [6.07, 6.45) is 2.86. The Bertz CT molecular complexity index is 485. The number of aromatic nitrogens is 1. The number of carbonyl (C=O) groups excluding carboxylic acids is 1. The Kier molecular flexibility index (Phi) is 4.87. The quantitative estimate of drug-likeness (QED) is 0.917. The van der Waals surface area contributed by atoms with Crippen LogP contribution < -0.4 is 5.32 Å². The molecule has 0 radical (unpaired) electrons. The van der Waals surface area contributed by atoms with Crippen LogP contribution in [0.2, 0.25) is 0 Å². The fourth-order valence-electron chi connectivity index (χ4n) is 2.98. The molecule has 2 aliphatic rings. The van der Waals surface area contributed by atoms with Gasteiger partial charge in [-0.15, -0.1) is 11.3 Å². The van der Waals surface area contributed by atoms with E-state index < -0.39 is 0 Å². The van der Waals surface area contributed by atoms with Gasteiger partial charge >= 0.3 is 0 Å². The van der Waals surface area contributed by atoms with Gasteiger partial charge in [0, 0.05) is 37.5 Å². The molecule has 2 unspecified atom stereocenters. The van der Waals surface area contributed by atoms with Crippen LogP contribution in [0.4, 0.5) is 0 Å². The maximum absolute atomic E-state index is 12.5. The van der Waals surface area contributed by atoms with Crippen LogP contribution in [0.5, 0.6) is 0 Å². The van der Waals surface area contributed by atoms with E-state index in [4.69, 9.17) is 9.72 Å². The van der Waals surface area contributed by atoms with Crippen molar-refractivity contribution in [3.8, 4) is 0 Å². The predicted octanol–water partition coefficient (Wildman–Crippen LogP) is 1.40. The zero-order chi connectivity index (χ0) is 14.7. The van der Waals surface area contributed by atoms with Gasteiger partial charge in [-0.2, -0.15) is 0 Å². The number of nitrogens with zero attached hydrogens (tertiary/aromatic N) is 2. The van der Waals surface area contributed by atoms with E-state index in [0.717, 1.165) is 38.9 Å². The highest BCUT2D eigenvalue weighted by Crippen LogP contribution is 2.29. The number of amides is 1. The third-order valence-corrected chi connectivity index (χ3v) is 5.27. The van der Waals surface area contributed by atoms with E-state index in [-0.39, 0.29) is 12.0 Å². The Morgan fingerprint density at radius 1 is 1.62 bits per heavy atom. The van der Waals surface area contributed by atoms with E-state index in [1.54, 1.807) is 11.3 Å². The molecular formula is C15H23N3O2S. The van der Waals surface area contributed by atoms with Gasteiger partial charge in [0.25, 0.3) is 5.91 Å². The van der Waals surface area contributed by atoms with Gasteiger partial charge in [0.05, 0.1) is 17.3 Å². The lowest BCUT2D eigenvalue weighted by Gasteiger charge is -2.35. The second-order valence-corrected chi connectivity index (χ2v) is 6.61. The second-order valence-electron chi connectivity index (χ2n) is 5.72. The summed E-state index contributed by atoms with van der Waals surface area (Å²) in [6, 6.07) is 0. The Hall–Kier alpha value is -0.980. The molecule has 0 aliphatic carbocycles. The lowest BCUT2D eigenvalue weighted by Crippen LogP contribution is -2.51. The first-order valence-corrected chi connectivity index (χ1v) is 8.71. The van der Waals surface area contributed by atoms with Gasteiger partial charge in [-0.3, -0.25) is 4.79 Å². The van der Waals surface area contributed by atoms with E-state index in [1.807, 2.05) is 4.90 Å². The molecule has 0 saturated carbocycles. The molecule has 21 heavy (non-hydrogen) atoms. The van der Waals surface area contributed by atoms with Crippen LogP contribution in [0.25, 0.3) is 0 Å². The summed E-state index contributed by atoms with van der Waals surface area (Å²) < 4.78 is 5.59. The molecule has 3 rings (SSSR count). The zero-order valence-corrected chi connectivity index (χ0v) is 13.3. The van der Waals surface area contributed by atoms with Gasteiger partial charge in [-0.25, -0.2) is 4.98 Å². The first-order valence-electron chi connectivity index (χ1n) is 7.83. The van der Waals surface area contributed by atoms with Gasteiger partial charge in [-0.05, 0) is 19.3 Å². The van der Waals surface area contributed by atoms with Crippen molar-refractivity contribution in [2.45, 2.75) is 38.2 Å². The number of morpholine rings is 1. The van der Waals surface area contributed by atoms with Gasteiger partial charge in [0.2, 0.25) is 0 Å². The van der Waals surface area contributed by atoms with Crippen molar-refractivity contribution < 1.29 is 9.53 Å². The number of carbonyl (C=O) groups is 1. The fraction of sp³-hybridized carbons (Fsp3) is 0.733. The van der Waals surface area contributed by atoms with Crippen LogP contribution in [0, 0.1) is 0 Å². The van der Waals surface area contributed by atoms with Crippen LogP contribution in [0.1, 0.15) is 36.4 Å². The average Bonchev–Trinajstić information content (AvgIpc) is 3.04. The fourth-order valence-corrected chi connectivity index (χ4v) is 4.01. The molecule has 1 aromatic heterocycles. The average molecular weight is 309 g/mol. The van der Waals surface area contributed by atoms with Crippen molar-refractivity contribution in [2.24, 2.45) is 0 Å². The summed E-state index contributed by atoms with van der Waals surface area (Å²) in [5.74, 6) is 0.531. The molecule has 116 valence electrons. The molecule has 1 N–H and O–H groups in total. The molecule has 2 atom stereocenters. The lowest BCUT2D eigenvalue weighted by molar-refractivity contribution is -0.146. The highest BCUT2D eigenvalue weighted by atomic mass is 32.1. The molecular weight excluding hydrogens is 286 g/mol. The van der Waals surface area contributed by atoms with Crippen LogP contribution in [0.3, 0.4) is 0 Å². The van der Waals surface area contributed by atoms with E-state index >= 15 is 0 Å². The molecule has 2 aliphatic heterocycles. The highest BCUT2D eigenvalue weighted by Gasteiger charge is 2.31. The Morgan fingerprint density at radius 3 is 3.24 bits per heavy atom.